The molecule has 2 atom stereocenters. The fourth-order valence-electron chi connectivity index (χ4n) is 4.88. The summed E-state index contributed by atoms with van der Waals surface area (Å²) in [5.41, 5.74) is 2.85. The van der Waals surface area contributed by atoms with Crippen molar-refractivity contribution in [1.29, 1.82) is 0 Å². The molecule has 1 aliphatic rings. The maximum atomic E-state index is 13.7. The predicted octanol–water partition coefficient (Wildman–Crippen LogP) is 6.73. The number of hydrogen-bond donors (Lipinski definition) is 1. The van der Waals surface area contributed by atoms with Gasteiger partial charge < -0.3 is 5.32 Å². The van der Waals surface area contributed by atoms with Gasteiger partial charge in [-0.2, -0.15) is 0 Å². The lowest BCUT2D eigenvalue weighted by atomic mass is 9.78. The van der Waals surface area contributed by atoms with Crippen LogP contribution in [0.3, 0.4) is 0 Å². The number of rotatable bonds is 7. The van der Waals surface area contributed by atoms with Crippen LogP contribution in [0.1, 0.15) is 55.2 Å². The molecule has 2 aromatic carbocycles. The fraction of sp³-hybridized carbons (Fsp3) is 0.333. The summed E-state index contributed by atoms with van der Waals surface area (Å²) in [7, 11) is 0. The van der Waals surface area contributed by atoms with Gasteiger partial charge in [0, 0.05) is 34.4 Å². The van der Waals surface area contributed by atoms with E-state index in [0.29, 0.717) is 5.02 Å². The van der Waals surface area contributed by atoms with Gasteiger partial charge in [-0.05, 0) is 73.2 Å². The van der Waals surface area contributed by atoms with Crippen molar-refractivity contribution in [2.45, 2.75) is 56.4 Å². The average Bonchev–Trinajstić information content (AvgIpc) is 3.31. The molecule has 1 heterocycles. The molecule has 0 spiro atoms. The molecular formula is C27H28Cl2N2O. The van der Waals surface area contributed by atoms with Crippen LogP contribution in [0, 0.1) is 0 Å². The molecule has 0 bridgehead atoms. The topological polar surface area (TPSA) is 42.0 Å². The summed E-state index contributed by atoms with van der Waals surface area (Å²) in [6, 6.07) is 19.7. The van der Waals surface area contributed by atoms with Crippen molar-refractivity contribution in [3.63, 3.8) is 0 Å². The normalized spacial score (nSPS) is 17.0. The summed E-state index contributed by atoms with van der Waals surface area (Å²) in [4.78, 5) is 18.0. The minimum atomic E-state index is -0.493. The molecular weight excluding hydrogens is 439 g/mol. The van der Waals surface area contributed by atoms with Gasteiger partial charge in [0.1, 0.15) is 0 Å². The summed E-state index contributed by atoms with van der Waals surface area (Å²) >= 11 is 12.2. The standard InChI is InChI=1S/C27H28Cl2N2O/c1-19(31-26(32)27(14-2-3-15-27)22-5-4-16-30-18-22)25(21-8-12-24(29)13-9-21)17-20-6-10-23(28)11-7-20/h4-13,16,18-19,25H,2-3,14-15,17H2,1H3,(H,31,32). The molecule has 1 amide bonds. The molecule has 3 nitrogen and oxygen atoms in total. The number of halogens is 2. The molecule has 32 heavy (non-hydrogen) atoms. The summed E-state index contributed by atoms with van der Waals surface area (Å²) in [6.07, 6.45) is 8.24. The van der Waals surface area contributed by atoms with Crippen LogP contribution in [0.15, 0.2) is 73.1 Å². The van der Waals surface area contributed by atoms with Crippen molar-refractivity contribution in [2.75, 3.05) is 0 Å². The molecule has 1 N–H and O–H groups in total. The Morgan fingerprint density at radius 2 is 1.62 bits per heavy atom. The van der Waals surface area contributed by atoms with E-state index in [-0.39, 0.29) is 17.9 Å². The Labute approximate surface area is 200 Å². The fourth-order valence-corrected chi connectivity index (χ4v) is 5.14. The van der Waals surface area contributed by atoms with E-state index in [2.05, 4.69) is 29.4 Å². The first kappa shape index (κ1) is 22.8. The van der Waals surface area contributed by atoms with Crippen LogP contribution in [0.5, 0.6) is 0 Å². The lowest BCUT2D eigenvalue weighted by Crippen LogP contribution is -2.48. The molecule has 1 saturated carbocycles. The Hall–Kier alpha value is -2.36. The molecule has 1 aliphatic carbocycles. The molecule has 166 valence electrons. The first-order valence-corrected chi connectivity index (χ1v) is 11.9. The van der Waals surface area contributed by atoms with E-state index in [9.17, 15) is 4.79 Å². The highest BCUT2D eigenvalue weighted by atomic mass is 35.5. The van der Waals surface area contributed by atoms with E-state index >= 15 is 0 Å². The van der Waals surface area contributed by atoms with Crippen molar-refractivity contribution in [3.8, 4) is 0 Å². The molecule has 1 fully saturated rings. The highest BCUT2D eigenvalue weighted by Gasteiger charge is 2.43. The zero-order valence-electron chi connectivity index (χ0n) is 18.2. The van der Waals surface area contributed by atoms with Crippen LogP contribution >= 0.6 is 23.2 Å². The van der Waals surface area contributed by atoms with Crippen molar-refractivity contribution < 1.29 is 4.79 Å². The largest absolute Gasteiger partial charge is 0.352 e. The number of carbonyl (C=O) groups excluding carboxylic acids is 1. The van der Waals surface area contributed by atoms with Crippen molar-refractivity contribution in [1.82, 2.24) is 10.3 Å². The predicted molar refractivity (Wildman–Crippen MR) is 131 cm³/mol. The second-order valence-electron chi connectivity index (χ2n) is 8.78. The van der Waals surface area contributed by atoms with Gasteiger partial charge in [0.25, 0.3) is 0 Å². The molecule has 0 aliphatic heterocycles. The number of nitrogens with zero attached hydrogens (tertiary/aromatic N) is 1. The molecule has 4 rings (SSSR count). The maximum Gasteiger partial charge on any atom is 0.230 e. The van der Waals surface area contributed by atoms with E-state index in [1.807, 2.05) is 54.7 Å². The first-order chi connectivity index (χ1) is 15.5. The van der Waals surface area contributed by atoms with Gasteiger partial charge in [0.15, 0.2) is 0 Å². The van der Waals surface area contributed by atoms with Crippen LogP contribution in [-0.4, -0.2) is 16.9 Å². The Balaban J connectivity index is 1.60. The van der Waals surface area contributed by atoms with E-state index in [1.54, 1.807) is 6.20 Å². The monoisotopic (exact) mass is 466 g/mol. The smallest absolute Gasteiger partial charge is 0.230 e. The van der Waals surface area contributed by atoms with Crippen molar-refractivity contribution in [2.24, 2.45) is 0 Å². The number of carbonyl (C=O) groups is 1. The maximum absolute atomic E-state index is 13.7. The van der Waals surface area contributed by atoms with Crippen LogP contribution in [0.25, 0.3) is 0 Å². The summed E-state index contributed by atoms with van der Waals surface area (Å²) in [5.74, 6) is 0.204. The van der Waals surface area contributed by atoms with Gasteiger partial charge >= 0.3 is 0 Å². The minimum Gasteiger partial charge on any atom is -0.352 e. The number of aromatic nitrogens is 1. The third-order valence-corrected chi connectivity index (χ3v) is 7.24. The Bertz CT molecular complexity index is 1030. The van der Waals surface area contributed by atoms with Crippen molar-refractivity contribution in [3.05, 3.63) is 99.8 Å². The van der Waals surface area contributed by atoms with Gasteiger partial charge in [-0.3, -0.25) is 9.78 Å². The molecule has 2 unspecified atom stereocenters. The van der Waals surface area contributed by atoms with Gasteiger partial charge in [-0.1, -0.05) is 66.4 Å². The summed E-state index contributed by atoms with van der Waals surface area (Å²) in [6.45, 7) is 2.10. The lowest BCUT2D eigenvalue weighted by molar-refractivity contribution is -0.127. The first-order valence-electron chi connectivity index (χ1n) is 11.2. The van der Waals surface area contributed by atoms with Crippen LogP contribution < -0.4 is 5.32 Å². The molecule has 0 saturated heterocycles. The average molecular weight is 467 g/mol. The number of amides is 1. The summed E-state index contributed by atoms with van der Waals surface area (Å²) < 4.78 is 0. The third-order valence-electron chi connectivity index (χ3n) is 6.74. The molecule has 0 radical (unpaired) electrons. The van der Waals surface area contributed by atoms with E-state index in [4.69, 9.17) is 23.2 Å². The van der Waals surface area contributed by atoms with Crippen molar-refractivity contribution >= 4 is 29.1 Å². The number of pyridine rings is 1. The van der Waals surface area contributed by atoms with Crippen LogP contribution in [0.2, 0.25) is 10.0 Å². The Morgan fingerprint density at radius 1 is 1.00 bits per heavy atom. The number of nitrogens with one attached hydrogen (secondary N) is 1. The highest BCUT2D eigenvalue weighted by molar-refractivity contribution is 6.30. The van der Waals surface area contributed by atoms with Crippen LogP contribution in [-0.2, 0) is 16.6 Å². The van der Waals surface area contributed by atoms with Gasteiger partial charge in [-0.25, -0.2) is 0 Å². The third kappa shape index (κ3) is 5.00. The van der Waals surface area contributed by atoms with Crippen LogP contribution in [0.4, 0.5) is 0 Å². The van der Waals surface area contributed by atoms with Gasteiger partial charge in [0.05, 0.1) is 5.41 Å². The lowest BCUT2D eigenvalue weighted by Gasteiger charge is -2.32. The van der Waals surface area contributed by atoms with E-state index in [1.165, 1.54) is 5.56 Å². The SMILES string of the molecule is CC(NC(=O)C1(c2cccnc2)CCCC1)C(Cc1ccc(Cl)cc1)c1ccc(Cl)cc1. The van der Waals surface area contributed by atoms with E-state index in [0.717, 1.165) is 48.3 Å². The zero-order chi connectivity index (χ0) is 22.6. The van der Waals surface area contributed by atoms with E-state index < -0.39 is 5.41 Å². The zero-order valence-corrected chi connectivity index (χ0v) is 19.7. The Kier molecular flexibility index (Phi) is 7.17. The second kappa shape index (κ2) is 10.1. The van der Waals surface area contributed by atoms with Gasteiger partial charge in [0.2, 0.25) is 5.91 Å². The summed E-state index contributed by atoms with van der Waals surface area (Å²) in [5, 5.41) is 4.81. The number of benzene rings is 2. The minimum absolute atomic E-state index is 0.0616. The Morgan fingerprint density at radius 3 is 2.22 bits per heavy atom. The molecule has 3 aromatic rings. The molecule has 5 heteroatoms. The van der Waals surface area contributed by atoms with Gasteiger partial charge in [-0.15, -0.1) is 0 Å². The molecule has 1 aromatic heterocycles. The highest BCUT2D eigenvalue weighted by Crippen LogP contribution is 2.41. The quantitative estimate of drug-likeness (QED) is 0.419. The number of hydrogen-bond acceptors (Lipinski definition) is 2. The second-order valence-corrected chi connectivity index (χ2v) is 9.65.